The molecule has 0 spiro atoms. The fraction of sp³-hybridized carbons (Fsp3) is 0.526. The first kappa shape index (κ1) is 19.4. The minimum atomic E-state index is -0.351. The molecule has 1 aliphatic carbocycles. The number of anilines is 1. The molecule has 0 saturated heterocycles. The van der Waals surface area contributed by atoms with Crippen LogP contribution in [-0.2, 0) is 4.79 Å². The van der Waals surface area contributed by atoms with E-state index in [2.05, 4.69) is 21.6 Å². The standard InChI is InChI=1S/C19H24N6OS/c1-14-8-10-16(11-9-14)24(13-5-12-20)18(26)15(2)27-19-21-22-23-25(19)17-6-3-4-7-17/h8-11,15,17H,3-7,13H2,1-2H3. The van der Waals surface area contributed by atoms with E-state index in [9.17, 15) is 4.79 Å². The van der Waals surface area contributed by atoms with Gasteiger partial charge in [-0.1, -0.05) is 42.3 Å². The normalized spacial score (nSPS) is 15.4. The Morgan fingerprint density at radius 3 is 2.74 bits per heavy atom. The Labute approximate surface area is 163 Å². The molecule has 1 unspecified atom stereocenters. The Bertz CT molecular complexity index is 806. The third kappa shape index (κ3) is 4.66. The molecule has 1 aromatic carbocycles. The van der Waals surface area contributed by atoms with Gasteiger partial charge in [0, 0.05) is 12.2 Å². The second kappa shape index (κ2) is 9.00. The molecule has 142 valence electrons. The summed E-state index contributed by atoms with van der Waals surface area (Å²) in [5.41, 5.74) is 1.94. The number of tetrazole rings is 1. The molecule has 1 saturated carbocycles. The molecule has 3 rings (SSSR count). The van der Waals surface area contributed by atoms with E-state index in [1.54, 1.807) is 4.90 Å². The third-order valence-corrected chi connectivity index (χ3v) is 5.86. The van der Waals surface area contributed by atoms with Gasteiger partial charge in [0.05, 0.1) is 23.8 Å². The molecule has 1 aliphatic rings. The molecule has 27 heavy (non-hydrogen) atoms. The van der Waals surface area contributed by atoms with Gasteiger partial charge in [-0.25, -0.2) is 4.68 Å². The van der Waals surface area contributed by atoms with Crippen LogP contribution in [0.15, 0.2) is 29.4 Å². The molecule has 0 bridgehead atoms. The van der Waals surface area contributed by atoms with Gasteiger partial charge in [0.2, 0.25) is 11.1 Å². The van der Waals surface area contributed by atoms with E-state index in [-0.39, 0.29) is 17.6 Å². The van der Waals surface area contributed by atoms with Crippen LogP contribution in [0.1, 0.15) is 50.6 Å². The lowest BCUT2D eigenvalue weighted by atomic mass is 10.2. The number of aryl methyl sites for hydroxylation is 1. The monoisotopic (exact) mass is 384 g/mol. The second-order valence-corrected chi connectivity index (χ2v) is 8.15. The van der Waals surface area contributed by atoms with Crippen LogP contribution < -0.4 is 4.90 Å². The molecule has 0 aliphatic heterocycles. The Balaban J connectivity index is 1.74. The highest BCUT2D eigenvalue weighted by molar-refractivity contribution is 8.00. The summed E-state index contributed by atoms with van der Waals surface area (Å²) in [7, 11) is 0. The highest BCUT2D eigenvalue weighted by atomic mass is 32.2. The number of hydrogen-bond acceptors (Lipinski definition) is 6. The van der Waals surface area contributed by atoms with Crippen LogP contribution in [0.25, 0.3) is 0 Å². The Morgan fingerprint density at radius 1 is 1.37 bits per heavy atom. The van der Waals surface area contributed by atoms with E-state index < -0.39 is 0 Å². The smallest absolute Gasteiger partial charge is 0.240 e. The maximum Gasteiger partial charge on any atom is 0.240 e. The summed E-state index contributed by atoms with van der Waals surface area (Å²) in [6.45, 7) is 4.25. The van der Waals surface area contributed by atoms with Gasteiger partial charge in [0.1, 0.15) is 0 Å². The number of nitriles is 1. The van der Waals surface area contributed by atoms with Crippen LogP contribution in [0, 0.1) is 18.3 Å². The second-order valence-electron chi connectivity index (χ2n) is 6.84. The van der Waals surface area contributed by atoms with Crippen molar-refractivity contribution in [2.75, 3.05) is 11.4 Å². The molecule has 1 fully saturated rings. The van der Waals surface area contributed by atoms with E-state index in [0.717, 1.165) is 24.1 Å². The lowest BCUT2D eigenvalue weighted by Crippen LogP contribution is -2.37. The number of hydrogen-bond donors (Lipinski definition) is 0. The van der Waals surface area contributed by atoms with Gasteiger partial charge in [0.15, 0.2) is 0 Å². The van der Waals surface area contributed by atoms with Crippen molar-refractivity contribution in [2.45, 2.75) is 62.4 Å². The van der Waals surface area contributed by atoms with Gasteiger partial charge in [-0.05, 0) is 49.2 Å². The highest BCUT2D eigenvalue weighted by Crippen LogP contribution is 2.33. The average molecular weight is 385 g/mol. The van der Waals surface area contributed by atoms with Gasteiger partial charge >= 0.3 is 0 Å². The fourth-order valence-electron chi connectivity index (χ4n) is 3.32. The first-order chi connectivity index (χ1) is 13.1. The van der Waals surface area contributed by atoms with Crippen LogP contribution in [0.2, 0.25) is 0 Å². The van der Waals surface area contributed by atoms with E-state index in [1.165, 1.54) is 24.6 Å². The molecule has 1 aromatic heterocycles. The Hall–Kier alpha value is -2.40. The minimum Gasteiger partial charge on any atom is -0.310 e. The number of carbonyl (C=O) groups is 1. The molecule has 1 atom stereocenters. The zero-order chi connectivity index (χ0) is 19.2. The molecule has 2 aromatic rings. The van der Waals surface area contributed by atoms with Gasteiger partial charge in [-0.15, -0.1) is 5.10 Å². The van der Waals surface area contributed by atoms with Crippen LogP contribution >= 0.6 is 11.8 Å². The van der Waals surface area contributed by atoms with E-state index in [4.69, 9.17) is 5.26 Å². The van der Waals surface area contributed by atoms with Crippen molar-refractivity contribution in [2.24, 2.45) is 0 Å². The van der Waals surface area contributed by atoms with Crippen molar-refractivity contribution < 1.29 is 4.79 Å². The number of aromatic nitrogens is 4. The Morgan fingerprint density at radius 2 is 2.07 bits per heavy atom. The number of carbonyl (C=O) groups excluding carboxylic acids is 1. The van der Waals surface area contributed by atoms with E-state index in [1.807, 2.05) is 42.8 Å². The van der Waals surface area contributed by atoms with Crippen LogP contribution in [-0.4, -0.2) is 37.9 Å². The molecule has 7 nitrogen and oxygen atoms in total. The van der Waals surface area contributed by atoms with Gasteiger partial charge in [-0.2, -0.15) is 5.26 Å². The van der Waals surface area contributed by atoms with Gasteiger partial charge in [-0.3, -0.25) is 4.79 Å². The highest BCUT2D eigenvalue weighted by Gasteiger charge is 2.27. The van der Waals surface area contributed by atoms with Crippen molar-refractivity contribution >= 4 is 23.4 Å². The molecular formula is C19H24N6OS. The topological polar surface area (TPSA) is 87.7 Å². The predicted octanol–water partition coefficient (Wildman–Crippen LogP) is 3.52. The summed E-state index contributed by atoms with van der Waals surface area (Å²) in [6, 6.07) is 10.2. The van der Waals surface area contributed by atoms with Crippen molar-refractivity contribution in [1.82, 2.24) is 20.2 Å². The summed E-state index contributed by atoms with van der Waals surface area (Å²) in [5, 5.41) is 21.4. The summed E-state index contributed by atoms with van der Waals surface area (Å²) >= 11 is 1.38. The van der Waals surface area contributed by atoms with Gasteiger partial charge < -0.3 is 4.90 Å². The number of benzene rings is 1. The largest absolute Gasteiger partial charge is 0.310 e. The zero-order valence-corrected chi connectivity index (χ0v) is 16.5. The summed E-state index contributed by atoms with van der Waals surface area (Å²) in [6.07, 6.45) is 4.84. The fourth-order valence-corrected chi connectivity index (χ4v) is 4.24. The summed E-state index contributed by atoms with van der Waals surface area (Å²) in [4.78, 5) is 14.8. The van der Waals surface area contributed by atoms with Crippen molar-refractivity contribution in [3.05, 3.63) is 29.8 Å². The number of thioether (sulfide) groups is 1. The van der Waals surface area contributed by atoms with Crippen LogP contribution in [0.5, 0.6) is 0 Å². The quantitative estimate of drug-likeness (QED) is 0.679. The first-order valence-electron chi connectivity index (χ1n) is 9.29. The number of rotatable bonds is 7. The van der Waals surface area contributed by atoms with Gasteiger partial charge in [0.25, 0.3) is 0 Å². The lowest BCUT2D eigenvalue weighted by Gasteiger charge is -2.25. The lowest BCUT2D eigenvalue weighted by molar-refractivity contribution is -0.117. The molecule has 1 heterocycles. The zero-order valence-electron chi connectivity index (χ0n) is 15.7. The number of amides is 1. The minimum absolute atomic E-state index is 0.0416. The van der Waals surface area contributed by atoms with Crippen LogP contribution in [0.3, 0.4) is 0 Å². The van der Waals surface area contributed by atoms with E-state index in [0.29, 0.717) is 17.7 Å². The maximum atomic E-state index is 13.1. The summed E-state index contributed by atoms with van der Waals surface area (Å²) < 4.78 is 1.87. The predicted molar refractivity (Wildman–Crippen MR) is 104 cm³/mol. The van der Waals surface area contributed by atoms with Crippen molar-refractivity contribution in [3.63, 3.8) is 0 Å². The molecular weight excluding hydrogens is 360 g/mol. The first-order valence-corrected chi connectivity index (χ1v) is 10.2. The molecule has 1 amide bonds. The van der Waals surface area contributed by atoms with Crippen molar-refractivity contribution in [3.8, 4) is 6.07 Å². The summed E-state index contributed by atoms with van der Waals surface area (Å²) in [5.74, 6) is -0.0416. The third-order valence-electron chi connectivity index (χ3n) is 4.82. The van der Waals surface area contributed by atoms with Crippen LogP contribution in [0.4, 0.5) is 5.69 Å². The average Bonchev–Trinajstić information content (AvgIpc) is 3.34. The number of nitrogens with zero attached hydrogens (tertiary/aromatic N) is 6. The van der Waals surface area contributed by atoms with E-state index >= 15 is 0 Å². The maximum absolute atomic E-state index is 13.1. The molecule has 0 N–H and O–H groups in total. The molecule has 8 heteroatoms. The molecule has 0 radical (unpaired) electrons. The Kier molecular flexibility index (Phi) is 6.45. The SMILES string of the molecule is Cc1ccc(N(CCC#N)C(=O)C(C)Sc2nnnn2C2CCCC2)cc1. The van der Waals surface area contributed by atoms with Crippen molar-refractivity contribution in [1.29, 1.82) is 5.26 Å².